The number of carbonyl (C=O) groups excluding carboxylic acids is 2. The van der Waals surface area contributed by atoms with Gasteiger partial charge in [-0.25, -0.2) is 0 Å². The Balaban J connectivity index is 2.17. The van der Waals surface area contributed by atoms with E-state index in [1.807, 2.05) is 13.8 Å². The van der Waals surface area contributed by atoms with E-state index in [2.05, 4.69) is 10.6 Å². The summed E-state index contributed by atoms with van der Waals surface area (Å²) in [4.78, 5) is 35.0. The topological polar surface area (TPSA) is 101 Å². The summed E-state index contributed by atoms with van der Waals surface area (Å²) < 4.78 is 0. The third-order valence-corrected chi connectivity index (χ3v) is 3.40. The lowest BCUT2D eigenvalue weighted by Crippen LogP contribution is -2.31. The molecule has 0 aromatic heterocycles. The molecule has 0 atom stereocenters. The van der Waals surface area contributed by atoms with Crippen molar-refractivity contribution >= 4 is 23.2 Å². The third-order valence-electron chi connectivity index (χ3n) is 3.40. The van der Waals surface area contributed by atoms with Gasteiger partial charge < -0.3 is 10.6 Å². The van der Waals surface area contributed by atoms with Gasteiger partial charge in [0.1, 0.15) is 0 Å². The number of hydrogen-bond donors (Lipinski definition) is 2. The van der Waals surface area contributed by atoms with Gasteiger partial charge in [0.05, 0.1) is 22.6 Å². The van der Waals surface area contributed by atoms with E-state index in [1.165, 1.54) is 12.1 Å². The van der Waals surface area contributed by atoms with E-state index in [4.69, 9.17) is 0 Å². The van der Waals surface area contributed by atoms with Crippen molar-refractivity contribution in [1.29, 1.82) is 0 Å². The Hall–Kier alpha value is -3.22. The van der Waals surface area contributed by atoms with E-state index in [1.54, 1.807) is 36.4 Å². The van der Waals surface area contributed by atoms with Crippen LogP contribution in [0.1, 0.15) is 29.8 Å². The van der Waals surface area contributed by atoms with Gasteiger partial charge in [0.15, 0.2) is 0 Å². The minimum Gasteiger partial charge on any atom is -0.350 e. The van der Waals surface area contributed by atoms with Crippen molar-refractivity contribution in [2.45, 2.75) is 26.3 Å². The van der Waals surface area contributed by atoms with Crippen LogP contribution in [0.25, 0.3) is 0 Å². The first-order chi connectivity index (χ1) is 11.9. The molecule has 0 heterocycles. The van der Waals surface area contributed by atoms with Gasteiger partial charge in [-0.15, -0.1) is 0 Å². The normalized spacial score (nSPS) is 10.4. The number of rotatable bonds is 6. The van der Waals surface area contributed by atoms with Crippen molar-refractivity contribution in [2.75, 3.05) is 5.32 Å². The molecule has 2 amide bonds. The zero-order valence-corrected chi connectivity index (χ0v) is 14.0. The van der Waals surface area contributed by atoms with Crippen molar-refractivity contribution in [3.8, 4) is 0 Å². The van der Waals surface area contributed by atoms with E-state index < -0.39 is 10.8 Å². The summed E-state index contributed by atoms with van der Waals surface area (Å²) in [6.45, 7) is 3.68. The van der Waals surface area contributed by atoms with Crippen LogP contribution in [0, 0.1) is 10.1 Å². The highest BCUT2D eigenvalue weighted by atomic mass is 16.6. The number of nitrogens with zero attached hydrogens (tertiary/aromatic N) is 1. The number of benzene rings is 2. The Morgan fingerprint density at radius 1 is 1.08 bits per heavy atom. The van der Waals surface area contributed by atoms with E-state index in [0.29, 0.717) is 16.8 Å². The summed E-state index contributed by atoms with van der Waals surface area (Å²) >= 11 is 0. The Morgan fingerprint density at radius 2 is 1.72 bits per heavy atom. The number of para-hydroxylation sites is 2. The minimum absolute atomic E-state index is 0.0387. The van der Waals surface area contributed by atoms with Crippen LogP contribution in [0.3, 0.4) is 0 Å². The molecule has 0 saturated carbocycles. The first-order valence-electron chi connectivity index (χ1n) is 7.80. The molecule has 0 aliphatic rings. The summed E-state index contributed by atoms with van der Waals surface area (Å²) in [6, 6.07) is 12.7. The number of nitro groups is 1. The van der Waals surface area contributed by atoms with Crippen LogP contribution < -0.4 is 10.6 Å². The average molecular weight is 341 g/mol. The maximum Gasteiger partial charge on any atom is 0.273 e. The maximum atomic E-state index is 12.3. The first kappa shape index (κ1) is 18.1. The van der Waals surface area contributed by atoms with Gasteiger partial charge in [-0.05, 0) is 26.0 Å². The molecule has 0 radical (unpaired) electrons. The van der Waals surface area contributed by atoms with E-state index in [-0.39, 0.29) is 24.1 Å². The molecule has 0 saturated heterocycles. The van der Waals surface area contributed by atoms with Gasteiger partial charge in [0, 0.05) is 17.7 Å². The molecule has 2 aromatic rings. The largest absolute Gasteiger partial charge is 0.350 e. The number of nitrogens with one attached hydrogen (secondary N) is 2. The summed E-state index contributed by atoms with van der Waals surface area (Å²) in [5.74, 6) is -0.726. The predicted molar refractivity (Wildman–Crippen MR) is 94.5 cm³/mol. The molecule has 7 nitrogen and oxygen atoms in total. The number of carbonyl (C=O) groups is 2. The standard InChI is InChI=1S/C18H19N3O4/c1-12(2)19-18(23)14-8-4-5-9-15(14)20-17(22)11-13-7-3-6-10-16(13)21(24)25/h3-10,12H,11H2,1-2H3,(H,19,23)(H,20,22). The molecule has 0 aliphatic carbocycles. The number of hydrogen-bond acceptors (Lipinski definition) is 4. The van der Waals surface area contributed by atoms with Crippen molar-refractivity contribution in [3.63, 3.8) is 0 Å². The second-order valence-electron chi connectivity index (χ2n) is 5.78. The Kier molecular flexibility index (Phi) is 5.84. The van der Waals surface area contributed by atoms with Crippen LogP contribution in [-0.2, 0) is 11.2 Å². The lowest BCUT2D eigenvalue weighted by molar-refractivity contribution is -0.385. The quantitative estimate of drug-likeness (QED) is 0.623. The summed E-state index contributed by atoms with van der Waals surface area (Å²) in [7, 11) is 0. The Morgan fingerprint density at radius 3 is 2.40 bits per heavy atom. The second-order valence-corrected chi connectivity index (χ2v) is 5.78. The van der Waals surface area contributed by atoms with Gasteiger partial charge in [0.25, 0.3) is 11.6 Å². The molecule has 0 bridgehead atoms. The first-order valence-corrected chi connectivity index (χ1v) is 7.80. The summed E-state index contributed by atoms with van der Waals surface area (Å²) in [5, 5.41) is 16.5. The number of nitro benzene ring substituents is 1. The van der Waals surface area contributed by atoms with Crippen molar-refractivity contribution < 1.29 is 14.5 Å². The molecule has 2 N–H and O–H groups in total. The highest BCUT2D eigenvalue weighted by Gasteiger charge is 2.17. The fraction of sp³-hybridized carbons (Fsp3) is 0.222. The van der Waals surface area contributed by atoms with E-state index in [0.717, 1.165) is 0 Å². The molecular formula is C18H19N3O4. The summed E-state index contributed by atoms with van der Waals surface area (Å²) in [5.41, 5.74) is 0.911. The van der Waals surface area contributed by atoms with Crippen LogP contribution in [-0.4, -0.2) is 22.8 Å². The van der Waals surface area contributed by atoms with Crippen LogP contribution in [0.15, 0.2) is 48.5 Å². The molecular weight excluding hydrogens is 322 g/mol. The monoisotopic (exact) mass is 341 g/mol. The van der Waals surface area contributed by atoms with Crippen molar-refractivity contribution in [2.24, 2.45) is 0 Å². The maximum absolute atomic E-state index is 12.3. The lowest BCUT2D eigenvalue weighted by atomic mass is 10.1. The Bertz CT molecular complexity index is 802. The fourth-order valence-corrected chi connectivity index (χ4v) is 2.34. The van der Waals surface area contributed by atoms with Crippen molar-refractivity contribution in [3.05, 3.63) is 69.8 Å². The molecule has 0 unspecified atom stereocenters. The molecule has 0 spiro atoms. The molecule has 130 valence electrons. The van der Waals surface area contributed by atoms with Crippen LogP contribution in [0.2, 0.25) is 0 Å². The summed E-state index contributed by atoms with van der Waals surface area (Å²) in [6.07, 6.45) is -0.155. The average Bonchev–Trinajstić information content (AvgIpc) is 2.54. The van der Waals surface area contributed by atoms with Crippen molar-refractivity contribution in [1.82, 2.24) is 5.32 Å². The number of anilines is 1. The Labute approximate surface area is 145 Å². The molecule has 25 heavy (non-hydrogen) atoms. The highest BCUT2D eigenvalue weighted by molar-refractivity contribution is 6.04. The SMILES string of the molecule is CC(C)NC(=O)c1ccccc1NC(=O)Cc1ccccc1[N+](=O)[O-]. The third kappa shape index (κ3) is 4.87. The van der Waals surface area contributed by atoms with Gasteiger partial charge in [-0.3, -0.25) is 19.7 Å². The fourth-order valence-electron chi connectivity index (χ4n) is 2.34. The van der Waals surface area contributed by atoms with Crippen LogP contribution >= 0.6 is 0 Å². The zero-order valence-electron chi connectivity index (χ0n) is 14.0. The van der Waals surface area contributed by atoms with Crippen LogP contribution in [0.5, 0.6) is 0 Å². The number of amides is 2. The smallest absolute Gasteiger partial charge is 0.273 e. The molecule has 0 fully saturated rings. The van der Waals surface area contributed by atoms with E-state index >= 15 is 0 Å². The second kappa shape index (κ2) is 8.05. The highest BCUT2D eigenvalue weighted by Crippen LogP contribution is 2.20. The van der Waals surface area contributed by atoms with Gasteiger partial charge in [-0.1, -0.05) is 30.3 Å². The van der Waals surface area contributed by atoms with Gasteiger partial charge in [-0.2, -0.15) is 0 Å². The van der Waals surface area contributed by atoms with Gasteiger partial charge >= 0.3 is 0 Å². The molecule has 2 aromatic carbocycles. The van der Waals surface area contributed by atoms with Crippen LogP contribution in [0.4, 0.5) is 11.4 Å². The minimum atomic E-state index is -0.521. The lowest BCUT2D eigenvalue weighted by Gasteiger charge is -2.13. The molecule has 0 aliphatic heterocycles. The predicted octanol–water partition coefficient (Wildman–Crippen LogP) is 2.91. The molecule has 2 rings (SSSR count). The zero-order chi connectivity index (χ0) is 18.4. The van der Waals surface area contributed by atoms with Gasteiger partial charge in [0.2, 0.25) is 5.91 Å². The van der Waals surface area contributed by atoms with E-state index in [9.17, 15) is 19.7 Å². The molecule has 7 heteroatoms.